The average Bonchev–Trinajstić information content (AvgIpc) is 2.94. The maximum absolute atomic E-state index is 13.0. The van der Waals surface area contributed by atoms with E-state index in [-0.39, 0.29) is 36.1 Å². The number of carbonyl (C=O) groups excluding carboxylic acids is 1. The summed E-state index contributed by atoms with van der Waals surface area (Å²) < 4.78 is 13.0. The molecule has 0 bridgehead atoms. The van der Waals surface area contributed by atoms with E-state index >= 15 is 0 Å². The number of carbonyl (C=O) groups is 2. The summed E-state index contributed by atoms with van der Waals surface area (Å²) in [4.78, 5) is 25.1. The van der Waals surface area contributed by atoms with Crippen molar-refractivity contribution in [2.24, 2.45) is 11.8 Å². The monoisotopic (exact) mass is 322 g/mol. The third-order valence-electron chi connectivity index (χ3n) is 4.20. The zero-order valence-electron chi connectivity index (χ0n) is 13.5. The molecule has 1 fully saturated rings. The molecule has 1 saturated heterocycles. The predicted molar refractivity (Wildman–Crippen MR) is 84.3 cm³/mol. The van der Waals surface area contributed by atoms with Gasteiger partial charge in [-0.05, 0) is 36.6 Å². The summed E-state index contributed by atoms with van der Waals surface area (Å²) in [6, 6.07) is 5.93. The van der Waals surface area contributed by atoms with Crippen LogP contribution in [0.4, 0.5) is 4.39 Å². The fourth-order valence-electron chi connectivity index (χ4n) is 2.91. The smallest absolute Gasteiger partial charge is 0.307 e. The number of nitrogens with zero attached hydrogens (tertiary/aromatic N) is 1. The molecule has 23 heavy (non-hydrogen) atoms. The number of likely N-dealkylation sites (tertiary alicyclic amines) is 1. The van der Waals surface area contributed by atoms with Crippen LogP contribution in [0, 0.1) is 17.7 Å². The van der Waals surface area contributed by atoms with Crippen LogP contribution in [0.3, 0.4) is 0 Å². The van der Waals surface area contributed by atoms with Gasteiger partial charge in [0, 0.05) is 6.54 Å². The first-order valence-electron chi connectivity index (χ1n) is 7.86. The molecule has 126 valence electrons. The topological polar surface area (TPSA) is 69.6 Å². The standard InChI is InChI=1S/C17H23FN2O3/c1-11(2)16(12-3-5-14(18)6-4-12)19-15(21)10-20-8-7-13(9-20)17(22)23/h3-6,11,13,16H,7-10H2,1-2H3,(H,19,21)(H,22,23). The number of aliphatic carboxylic acids is 1. The Balaban J connectivity index is 1.94. The molecule has 0 radical (unpaired) electrons. The summed E-state index contributed by atoms with van der Waals surface area (Å²) in [5, 5.41) is 12.0. The van der Waals surface area contributed by atoms with Crippen LogP contribution in [0.15, 0.2) is 24.3 Å². The molecule has 1 heterocycles. The van der Waals surface area contributed by atoms with Crippen LogP contribution in [-0.2, 0) is 9.59 Å². The maximum Gasteiger partial charge on any atom is 0.307 e. The third kappa shape index (κ3) is 4.76. The molecule has 0 saturated carbocycles. The summed E-state index contributed by atoms with van der Waals surface area (Å²) in [7, 11) is 0. The summed E-state index contributed by atoms with van der Waals surface area (Å²) >= 11 is 0. The lowest BCUT2D eigenvalue weighted by Gasteiger charge is -2.24. The van der Waals surface area contributed by atoms with E-state index in [1.54, 1.807) is 12.1 Å². The Bertz CT molecular complexity index is 559. The Morgan fingerprint density at radius 1 is 1.35 bits per heavy atom. The number of halogens is 1. The van der Waals surface area contributed by atoms with Crippen molar-refractivity contribution in [3.63, 3.8) is 0 Å². The van der Waals surface area contributed by atoms with Gasteiger partial charge in [-0.25, -0.2) is 4.39 Å². The molecule has 1 amide bonds. The van der Waals surface area contributed by atoms with Gasteiger partial charge in [0.05, 0.1) is 18.5 Å². The van der Waals surface area contributed by atoms with Gasteiger partial charge in [-0.1, -0.05) is 26.0 Å². The number of hydrogen-bond donors (Lipinski definition) is 2. The minimum absolute atomic E-state index is 0.140. The van der Waals surface area contributed by atoms with Gasteiger partial charge in [0.25, 0.3) is 0 Å². The number of rotatable bonds is 6. The predicted octanol–water partition coefficient (Wildman–Crippen LogP) is 2.05. The number of amides is 1. The van der Waals surface area contributed by atoms with Crippen LogP contribution in [0.1, 0.15) is 31.9 Å². The quantitative estimate of drug-likeness (QED) is 0.841. The molecule has 2 atom stereocenters. The molecule has 0 spiro atoms. The second-order valence-corrected chi connectivity index (χ2v) is 6.40. The van der Waals surface area contributed by atoms with Crippen LogP contribution < -0.4 is 5.32 Å². The molecule has 1 aromatic carbocycles. The number of carboxylic acid groups (broad SMARTS) is 1. The Kier molecular flexibility index (Phi) is 5.71. The molecule has 2 rings (SSSR count). The summed E-state index contributed by atoms with van der Waals surface area (Å²) in [5.74, 6) is -1.48. The molecule has 2 unspecified atom stereocenters. The van der Waals surface area contributed by atoms with Gasteiger partial charge in [0.2, 0.25) is 5.91 Å². The van der Waals surface area contributed by atoms with E-state index in [1.807, 2.05) is 18.7 Å². The van der Waals surface area contributed by atoms with Crippen LogP contribution in [0.5, 0.6) is 0 Å². The van der Waals surface area contributed by atoms with Crippen LogP contribution in [-0.4, -0.2) is 41.5 Å². The van der Waals surface area contributed by atoms with Crippen molar-refractivity contribution in [1.29, 1.82) is 0 Å². The van der Waals surface area contributed by atoms with Crippen LogP contribution in [0.2, 0.25) is 0 Å². The highest BCUT2D eigenvalue weighted by molar-refractivity contribution is 5.79. The van der Waals surface area contributed by atoms with Gasteiger partial charge < -0.3 is 10.4 Å². The first-order valence-corrected chi connectivity index (χ1v) is 7.86. The van der Waals surface area contributed by atoms with Crippen molar-refractivity contribution in [2.45, 2.75) is 26.3 Å². The highest BCUT2D eigenvalue weighted by atomic mass is 19.1. The van der Waals surface area contributed by atoms with Gasteiger partial charge in [0.1, 0.15) is 5.82 Å². The van der Waals surface area contributed by atoms with Gasteiger partial charge in [-0.15, -0.1) is 0 Å². The third-order valence-corrected chi connectivity index (χ3v) is 4.20. The van der Waals surface area contributed by atoms with Gasteiger partial charge in [-0.2, -0.15) is 0 Å². The minimum atomic E-state index is -0.806. The molecule has 2 N–H and O–H groups in total. The lowest BCUT2D eigenvalue weighted by molar-refractivity contribution is -0.141. The molecular weight excluding hydrogens is 299 g/mol. The second kappa shape index (κ2) is 7.55. The lowest BCUT2D eigenvalue weighted by atomic mass is 9.96. The van der Waals surface area contributed by atoms with Gasteiger partial charge in [0.15, 0.2) is 0 Å². The van der Waals surface area contributed by atoms with Crippen molar-refractivity contribution in [3.05, 3.63) is 35.6 Å². The Hall–Kier alpha value is -1.95. The fourth-order valence-corrected chi connectivity index (χ4v) is 2.91. The van der Waals surface area contributed by atoms with E-state index < -0.39 is 5.97 Å². The lowest BCUT2D eigenvalue weighted by Crippen LogP contribution is -2.39. The van der Waals surface area contributed by atoms with Crippen molar-refractivity contribution in [1.82, 2.24) is 10.2 Å². The number of hydrogen-bond acceptors (Lipinski definition) is 3. The first-order chi connectivity index (χ1) is 10.9. The van der Waals surface area contributed by atoms with Crippen molar-refractivity contribution in [3.8, 4) is 0 Å². The zero-order chi connectivity index (χ0) is 17.0. The van der Waals surface area contributed by atoms with Crippen molar-refractivity contribution in [2.75, 3.05) is 19.6 Å². The molecule has 0 aromatic heterocycles. The molecular formula is C17H23FN2O3. The van der Waals surface area contributed by atoms with E-state index in [4.69, 9.17) is 5.11 Å². The van der Waals surface area contributed by atoms with Crippen LogP contribution >= 0.6 is 0 Å². The SMILES string of the molecule is CC(C)C(NC(=O)CN1CCC(C(=O)O)C1)c1ccc(F)cc1. The molecule has 1 aliphatic heterocycles. The zero-order valence-corrected chi connectivity index (χ0v) is 13.5. The van der Waals surface area contributed by atoms with Gasteiger partial charge >= 0.3 is 5.97 Å². The number of nitrogens with one attached hydrogen (secondary N) is 1. The number of carboxylic acids is 1. The largest absolute Gasteiger partial charge is 0.481 e. The summed E-state index contributed by atoms with van der Waals surface area (Å²) in [6.45, 7) is 5.20. The summed E-state index contributed by atoms with van der Waals surface area (Å²) in [5.41, 5.74) is 0.861. The van der Waals surface area contributed by atoms with E-state index in [0.717, 1.165) is 5.56 Å². The second-order valence-electron chi connectivity index (χ2n) is 6.40. The number of benzene rings is 1. The molecule has 5 nitrogen and oxygen atoms in total. The molecule has 6 heteroatoms. The Labute approximate surface area is 135 Å². The maximum atomic E-state index is 13.0. The Morgan fingerprint density at radius 2 is 2.00 bits per heavy atom. The summed E-state index contributed by atoms with van der Waals surface area (Å²) in [6.07, 6.45) is 0.578. The van der Waals surface area contributed by atoms with E-state index in [9.17, 15) is 14.0 Å². The van der Waals surface area contributed by atoms with Crippen molar-refractivity contribution >= 4 is 11.9 Å². The molecule has 1 aliphatic rings. The molecule has 0 aliphatic carbocycles. The normalized spacial score (nSPS) is 19.7. The van der Waals surface area contributed by atoms with E-state index in [2.05, 4.69) is 5.32 Å². The molecule has 1 aromatic rings. The minimum Gasteiger partial charge on any atom is -0.481 e. The average molecular weight is 322 g/mol. The fraction of sp³-hybridized carbons (Fsp3) is 0.529. The first kappa shape index (κ1) is 17.4. The van der Waals surface area contributed by atoms with Crippen LogP contribution in [0.25, 0.3) is 0 Å². The van der Waals surface area contributed by atoms with E-state index in [0.29, 0.717) is 19.5 Å². The van der Waals surface area contributed by atoms with Gasteiger partial charge in [-0.3, -0.25) is 14.5 Å². The van der Waals surface area contributed by atoms with Crippen molar-refractivity contribution < 1.29 is 19.1 Å². The highest BCUT2D eigenvalue weighted by Gasteiger charge is 2.29. The highest BCUT2D eigenvalue weighted by Crippen LogP contribution is 2.22. The van der Waals surface area contributed by atoms with E-state index in [1.165, 1.54) is 12.1 Å². The Morgan fingerprint density at radius 3 is 2.52 bits per heavy atom.